The molecule has 0 spiro atoms. The second-order valence-corrected chi connectivity index (χ2v) is 7.86. The molecule has 2 fully saturated rings. The molecule has 0 unspecified atom stereocenters. The Kier molecular flexibility index (Phi) is 5.62. The van der Waals surface area contributed by atoms with Gasteiger partial charge < -0.3 is 19.3 Å². The normalized spacial score (nSPS) is 18.6. The van der Waals surface area contributed by atoms with Gasteiger partial charge in [0.25, 0.3) is 5.56 Å². The summed E-state index contributed by atoms with van der Waals surface area (Å²) >= 11 is 0. The van der Waals surface area contributed by atoms with Crippen LogP contribution >= 0.6 is 0 Å². The van der Waals surface area contributed by atoms with Crippen LogP contribution in [-0.2, 0) is 11.3 Å². The van der Waals surface area contributed by atoms with Crippen molar-refractivity contribution in [1.82, 2.24) is 19.4 Å². The molecule has 28 heavy (non-hydrogen) atoms. The van der Waals surface area contributed by atoms with Crippen LogP contribution in [0.25, 0.3) is 11.0 Å². The minimum absolute atomic E-state index is 0.0771. The first-order chi connectivity index (χ1) is 13.6. The van der Waals surface area contributed by atoms with Gasteiger partial charge in [-0.05, 0) is 38.4 Å². The SMILES string of the molecule is CN1CCN(C(=O)CCn2c(=O)c(N3CCCCC3)nc3ccccc32)CC1. The standard InChI is InChI=1S/C21H29N5O2/c1-23-13-15-24(16-14-23)19(27)9-12-26-18-8-4-3-7-17(18)22-20(21(26)28)25-10-5-2-6-11-25/h3-4,7-8H,2,5-6,9-16H2,1H3. The molecule has 3 heterocycles. The molecule has 0 bridgehead atoms. The second-order valence-electron chi connectivity index (χ2n) is 7.86. The highest BCUT2D eigenvalue weighted by Crippen LogP contribution is 2.18. The zero-order valence-corrected chi connectivity index (χ0v) is 16.6. The number of benzene rings is 1. The number of amides is 1. The number of anilines is 1. The van der Waals surface area contributed by atoms with Crippen LogP contribution in [0.2, 0.25) is 0 Å². The summed E-state index contributed by atoms with van der Waals surface area (Å²) in [7, 11) is 2.08. The molecule has 1 amide bonds. The van der Waals surface area contributed by atoms with Gasteiger partial charge in [-0.15, -0.1) is 0 Å². The first kappa shape index (κ1) is 18.9. The largest absolute Gasteiger partial charge is 0.352 e. The summed E-state index contributed by atoms with van der Waals surface area (Å²) in [6.45, 7) is 5.49. The topological polar surface area (TPSA) is 61.7 Å². The van der Waals surface area contributed by atoms with Crippen LogP contribution in [0, 0.1) is 0 Å². The van der Waals surface area contributed by atoms with Crippen LogP contribution in [0.1, 0.15) is 25.7 Å². The maximum absolute atomic E-state index is 13.2. The summed E-state index contributed by atoms with van der Waals surface area (Å²) < 4.78 is 1.75. The lowest BCUT2D eigenvalue weighted by atomic mass is 10.1. The number of aryl methyl sites for hydroxylation is 1. The van der Waals surface area contributed by atoms with Gasteiger partial charge in [0, 0.05) is 52.2 Å². The number of aromatic nitrogens is 2. The third kappa shape index (κ3) is 3.90. The Labute approximate surface area is 165 Å². The summed E-state index contributed by atoms with van der Waals surface area (Å²) in [5, 5.41) is 0. The highest BCUT2D eigenvalue weighted by atomic mass is 16.2. The molecule has 150 valence electrons. The molecule has 0 radical (unpaired) electrons. The monoisotopic (exact) mass is 383 g/mol. The maximum Gasteiger partial charge on any atom is 0.294 e. The lowest BCUT2D eigenvalue weighted by molar-refractivity contribution is -0.133. The molecule has 0 aliphatic carbocycles. The zero-order chi connectivity index (χ0) is 19.5. The van der Waals surface area contributed by atoms with Gasteiger partial charge in [-0.25, -0.2) is 4.98 Å². The summed E-state index contributed by atoms with van der Waals surface area (Å²) in [4.78, 5) is 36.9. The van der Waals surface area contributed by atoms with Gasteiger partial charge in [0.2, 0.25) is 5.91 Å². The number of para-hydroxylation sites is 2. The number of hydrogen-bond donors (Lipinski definition) is 0. The molecule has 2 aliphatic rings. The number of fused-ring (bicyclic) bond motifs is 1. The average Bonchev–Trinajstić information content (AvgIpc) is 2.73. The van der Waals surface area contributed by atoms with E-state index in [1.165, 1.54) is 6.42 Å². The Bertz CT molecular complexity index is 895. The van der Waals surface area contributed by atoms with E-state index in [0.717, 1.165) is 63.1 Å². The van der Waals surface area contributed by atoms with Crippen LogP contribution in [0.15, 0.2) is 29.1 Å². The van der Waals surface area contributed by atoms with Gasteiger partial charge in [0.1, 0.15) is 0 Å². The maximum atomic E-state index is 13.2. The highest BCUT2D eigenvalue weighted by molar-refractivity contribution is 5.78. The fourth-order valence-corrected chi connectivity index (χ4v) is 4.13. The Morgan fingerprint density at radius 3 is 2.46 bits per heavy atom. The predicted molar refractivity (Wildman–Crippen MR) is 111 cm³/mol. The number of piperidine rings is 1. The van der Waals surface area contributed by atoms with Gasteiger partial charge in [-0.1, -0.05) is 12.1 Å². The smallest absolute Gasteiger partial charge is 0.294 e. The molecule has 1 aromatic carbocycles. The fraction of sp³-hybridized carbons (Fsp3) is 0.571. The predicted octanol–water partition coefficient (Wildman–Crippen LogP) is 1.55. The van der Waals surface area contributed by atoms with Gasteiger partial charge >= 0.3 is 0 Å². The van der Waals surface area contributed by atoms with Crippen molar-refractivity contribution in [3.63, 3.8) is 0 Å². The van der Waals surface area contributed by atoms with Gasteiger partial charge in [0.05, 0.1) is 11.0 Å². The fourth-order valence-electron chi connectivity index (χ4n) is 4.13. The van der Waals surface area contributed by atoms with E-state index >= 15 is 0 Å². The van der Waals surface area contributed by atoms with E-state index in [1.807, 2.05) is 29.2 Å². The highest BCUT2D eigenvalue weighted by Gasteiger charge is 2.21. The molecule has 0 saturated carbocycles. The Balaban J connectivity index is 1.59. The van der Waals surface area contributed by atoms with Crippen molar-refractivity contribution in [3.8, 4) is 0 Å². The Morgan fingerprint density at radius 2 is 1.71 bits per heavy atom. The second kappa shape index (κ2) is 8.31. The van der Waals surface area contributed by atoms with Crippen molar-refractivity contribution in [3.05, 3.63) is 34.6 Å². The molecule has 1 aromatic heterocycles. The molecule has 0 N–H and O–H groups in total. The number of rotatable bonds is 4. The first-order valence-electron chi connectivity index (χ1n) is 10.3. The van der Waals surface area contributed by atoms with E-state index in [9.17, 15) is 9.59 Å². The number of carbonyl (C=O) groups excluding carboxylic acids is 1. The van der Waals surface area contributed by atoms with Crippen molar-refractivity contribution in [1.29, 1.82) is 0 Å². The zero-order valence-electron chi connectivity index (χ0n) is 16.6. The lowest BCUT2D eigenvalue weighted by Crippen LogP contribution is -2.47. The molecule has 7 nitrogen and oxygen atoms in total. The van der Waals surface area contributed by atoms with Gasteiger partial charge in [0.15, 0.2) is 5.82 Å². The van der Waals surface area contributed by atoms with Crippen molar-refractivity contribution >= 4 is 22.8 Å². The molecule has 2 aromatic rings. The minimum atomic E-state index is -0.0771. The van der Waals surface area contributed by atoms with Crippen LogP contribution in [0.3, 0.4) is 0 Å². The molecule has 4 rings (SSSR count). The van der Waals surface area contributed by atoms with Crippen LogP contribution in [-0.4, -0.2) is 71.6 Å². The molecular weight excluding hydrogens is 354 g/mol. The minimum Gasteiger partial charge on any atom is -0.352 e. The summed E-state index contributed by atoms with van der Waals surface area (Å²) in [6, 6.07) is 7.73. The number of hydrogen-bond acceptors (Lipinski definition) is 5. The Hall–Kier alpha value is -2.41. The van der Waals surface area contributed by atoms with Crippen LogP contribution < -0.4 is 10.5 Å². The molecule has 2 saturated heterocycles. The van der Waals surface area contributed by atoms with Crippen molar-refractivity contribution in [2.75, 3.05) is 51.2 Å². The van der Waals surface area contributed by atoms with E-state index < -0.39 is 0 Å². The molecule has 0 atom stereocenters. The summed E-state index contributed by atoms with van der Waals surface area (Å²) in [5.41, 5.74) is 1.54. The molecular formula is C21H29N5O2. The van der Waals surface area contributed by atoms with Crippen molar-refractivity contribution in [2.45, 2.75) is 32.2 Å². The number of likely N-dealkylation sites (N-methyl/N-ethyl adjacent to an activating group) is 1. The van der Waals surface area contributed by atoms with Crippen LogP contribution in [0.5, 0.6) is 0 Å². The van der Waals surface area contributed by atoms with E-state index in [0.29, 0.717) is 18.8 Å². The number of nitrogens with zero attached hydrogens (tertiary/aromatic N) is 5. The molecule has 2 aliphatic heterocycles. The Morgan fingerprint density at radius 1 is 1.00 bits per heavy atom. The van der Waals surface area contributed by atoms with E-state index in [1.54, 1.807) is 4.57 Å². The van der Waals surface area contributed by atoms with E-state index in [2.05, 4.69) is 21.8 Å². The summed E-state index contributed by atoms with van der Waals surface area (Å²) in [6.07, 6.45) is 3.74. The van der Waals surface area contributed by atoms with Crippen molar-refractivity contribution < 1.29 is 4.79 Å². The third-order valence-electron chi connectivity index (χ3n) is 5.90. The third-order valence-corrected chi connectivity index (χ3v) is 5.90. The van der Waals surface area contributed by atoms with Gasteiger partial charge in [-0.3, -0.25) is 9.59 Å². The number of piperazine rings is 1. The van der Waals surface area contributed by atoms with E-state index in [4.69, 9.17) is 0 Å². The average molecular weight is 383 g/mol. The van der Waals surface area contributed by atoms with Gasteiger partial charge in [-0.2, -0.15) is 0 Å². The first-order valence-corrected chi connectivity index (χ1v) is 10.3. The van der Waals surface area contributed by atoms with E-state index in [-0.39, 0.29) is 11.5 Å². The van der Waals surface area contributed by atoms with Crippen LogP contribution in [0.4, 0.5) is 5.82 Å². The quantitative estimate of drug-likeness (QED) is 0.802. The summed E-state index contributed by atoms with van der Waals surface area (Å²) in [5.74, 6) is 0.658. The van der Waals surface area contributed by atoms with Crippen molar-refractivity contribution in [2.24, 2.45) is 0 Å². The lowest BCUT2D eigenvalue weighted by Gasteiger charge is -2.32. The number of carbonyl (C=O) groups is 1. The molecule has 7 heteroatoms.